The maximum Gasteiger partial charge on any atom is 0.255 e. The number of piperidine rings is 1. The molecule has 6 heteroatoms. The average Bonchev–Trinajstić information content (AvgIpc) is 3.01. The minimum Gasteiger partial charge on any atom is -0.323 e. The molecule has 2 heterocycles. The molecule has 1 unspecified atom stereocenters. The van der Waals surface area contributed by atoms with Gasteiger partial charge in [-0.1, -0.05) is 0 Å². The number of nitrogens with zero attached hydrogens (tertiary/aromatic N) is 4. The molecule has 1 aromatic carbocycles. The molecule has 1 amide bonds. The monoisotopic (exact) mass is 271 g/mol. The van der Waals surface area contributed by atoms with Crippen LogP contribution in [0.2, 0.25) is 0 Å². The van der Waals surface area contributed by atoms with Crippen molar-refractivity contribution in [3.63, 3.8) is 0 Å². The summed E-state index contributed by atoms with van der Waals surface area (Å²) in [6, 6.07) is 7.33. The van der Waals surface area contributed by atoms with Crippen LogP contribution in [0, 0.1) is 0 Å². The highest BCUT2D eigenvalue weighted by Gasteiger charge is 2.24. The van der Waals surface area contributed by atoms with E-state index in [0.29, 0.717) is 5.56 Å². The zero-order chi connectivity index (χ0) is 13.9. The number of benzene rings is 1. The predicted molar refractivity (Wildman–Crippen MR) is 74.2 cm³/mol. The van der Waals surface area contributed by atoms with Crippen LogP contribution in [-0.4, -0.2) is 38.3 Å². The molecule has 1 fully saturated rings. The topological polar surface area (TPSA) is 77.0 Å². The minimum absolute atomic E-state index is 0.00217. The van der Waals surface area contributed by atoms with Crippen molar-refractivity contribution < 1.29 is 4.79 Å². The molecule has 0 saturated carbocycles. The lowest BCUT2D eigenvalue weighted by Gasteiger charge is -2.33. The molecule has 1 atom stereocenters. The third-order valence-electron chi connectivity index (χ3n) is 3.61. The number of nitrogens with two attached hydrogens (primary N) is 1. The number of amides is 1. The predicted octanol–water partition coefficient (Wildman–Crippen LogP) is 1.18. The van der Waals surface area contributed by atoms with Crippen LogP contribution >= 0.6 is 0 Å². The third kappa shape index (κ3) is 2.42. The summed E-state index contributed by atoms with van der Waals surface area (Å²) in [7, 11) is 0. The largest absolute Gasteiger partial charge is 0.323 e. The van der Waals surface area contributed by atoms with Crippen molar-refractivity contribution in [2.24, 2.45) is 5.73 Å². The number of carbonyl (C=O) groups is 1. The van der Waals surface area contributed by atoms with E-state index >= 15 is 0 Å². The Morgan fingerprint density at radius 1 is 1.25 bits per heavy atom. The van der Waals surface area contributed by atoms with E-state index in [0.717, 1.165) is 31.5 Å². The standard InChI is InChI=1S/C14H17N5O/c15-13-3-1-2-8-18(13)14(20)11-4-6-12(7-5-11)19-10-16-9-17-19/h4-7,9-10,13H,1-3,8,15H2. The smallest absolute Gasteiger partial charge is 0.255 e. The van der Waals surface area contributed by atoms with E-state index in [-0.39, 0.29) is 12.1 Å². The Bertz CT molecular complexity index is 578. The van der Waals surface area contributed by atoms with Gasteiger partial charge in [0, 0.05) is 12.1 Å². The Kier molecular flexibility index (Phi) is 3.47. The normalized spacial score (nSPS) is 19.1. The van der Waals surface area contributed by atoms with Gasteiger partial charge in [0.1, 0.15) is 12.7 Å². The van der Waals surface area contributed by atoms with E-state index in [1.807, 2.05) is 12.1 Å². The second-order valence-corrected chi connectivity index (χ2v) is 4.95. The molecule has 1 aromatic heterocycles. The molecule has 1 aliphatic heterocycles. The molecule has 2 aromatic rings. The second kappa shape index (κ2) is 5.42. The third-order valence-corrected chi connectivity index (χ3v) is 3.61. The van der Waals surface area contributed by atoms with Gasteiger partial charge >= 0.3 is 0 Å². The highest BCUT2D eigenvalue weighted by atomic mass is 16.2. The van der Waals surface area contributed by atoms with Crippen LogP contribution in [0.25, 0.3) is 5.69 Å². The van der Waals surface area contributed by atoms with Crippen LogP contribution in [-0.2, 0) is 0 Å². The fourth-order valence-electron chi connectivity index (χ4n) is 2.47. The first-order valence-corrected chi connectivity index (χ1v) is 6.77. The maximum absolute atomic E-state index is 12.4. The van der Waals surface area contributed by atoms with Crippen molar-refractivity contribution in [2.45, 2.75) is 25.4 Å². The fraction of sp³-hybridized carbons (Fsp3) is 0.357. The first-order valence-electron chi connectivity index (χ1n) is 6.77. The summed E-state index contributed by atoms with van der Waals surface area (Å²) < 4.78 is 1.65. The van der Waals surface area contributed by atoms with Gasteiger partial charge in [-0.25, -0.2) is 9.67 Å². The summed E-state index contributed by atoms with van der Waals surface area (Å²) in [4.78, 5) is 18.1. The highest BCUT2D eigenvalue weighted by molar-refractivity contribution is 5.94. The Labute approximate surface area is 117 Å². The number of rotatable bonds is 2. The van der Waals surface area contributed by atoms with Crippen molar-refractivity contribution >= 4 is 5.91 Å². The van der Waals surface area contributed by atoms with E-state index in [1.54, 1.807) is 28.0 Å². The van der Waals surface area contributed by atoms with Crippen molar-refractivity contribution in [1.29, 1.82) is 0 Å². The van der Waals surface area contributed by atoms with Gasteiger partial charge in [-0.15, -0.1) is 0 Å². The number of aromatic nitrogens is 3. The van der Waals surface area contributed by atoms with Gasteiger partial charge in [0.2, 0.25) is 0 Å². The SMILES string of the molecule is NC1CCCCN1C(=O)c1ccc(-n2cncn2)cc1. The molecule has 104 valence electrons. The molecule has 3 rings (SSSR count). The molecule has 0 aliphatic carbocycles. The molecule has 6 nitrogen and oxygen atoms in total. The molecule has 0 bridgehead atoms. The van der Waals surface area contributed by atoms with E-state index < -0.39 is 0 Å². The van der Waals surface area contributed by atoms with Gasteiger partial charge in [-0.3, -0.25) is 4.79 Å². The molecule has 1 aliphatic rings. The molecule has 0 radical (unpaired) electrons. The Morgan fingerprint density at radius 2 is 2.05 bits per heavy atom. The number of hydrogen-bond acceptors (Lipinski definition) is 4. The molecule has 1 saturated heterocycles. The Balaban J connectivity index is 1.78. The summed E-state index contributed by atoms with van der Waals surface area (Å²) in [6.45, 7) is 0.741. The van der Waals surface area contributed by atoms with Crippen molar-refractivity contribution in [1.82, 2.24) is 19.7 Å². The lowest BCUT2D eigenvalue weighted by molar-refractivity contribution is 0.0621. The van der Waals surface area contributed by atoms with E-state index in [2.05, 4.69) is 10.1 Å². The summed E-state index contributed by atoms with van der Waals surface area (Å²) in [5.41, 5.74) is 7.54. The summed E-state index contributed by atoms with van der Waals surface area (Å²) in [5.74, 6) is 0.00217. The highest BCUT2D eigenvalue weighted by Crippen LogP contribution is 2.17. The summed E-state index contributed by atoms with van der Waals surface area (Å²) in [6.07, 6.45) is 5.93. The molecule has 20 heavy (non-hydrogen) atoms. The van der Waals surface area contributed by atoms with Crippen LogP contribution in [0.5, 0.6) is 0 Å². The Morgan fingerprint density at radius 3 is 2.70 bits per heavy atom. The zero-order valence-corrected chi connectivity index (χ0v) is 11.1. The second-order valence-electron chi connectivity index (χ2n) is 4.95. The molecule has 2 N–H and O–H groups in total. The lowest BCUT2D eigenvalue weighted by Crippen LogP contribution is -2.48. The van der Waals surface area contributed by atoms with Crippen LogP contribution in [0.1, 0.15) is 29.6 Å². The van der Waals surface area contributed by atoms with Gasteiger partial charge in [0.15, 0.2) is 0 Å². The van der Waals surface area contributed by atoms with Gasteiger partial charge < -0.3 is 10.6 Å². The van der Waals surface area contributed by atoms with E-state index in [4.69, 9.17) is 5.73 Å². The van der Waals surface area contributed by atoms with Crippen molar-refractivity contribution in [3.05, 3.63) is 42.5 Å². The van der Waals surface area contributed by atoms with Crippen LogP contribution in [0.15, 0.2) is 36.9 Å². The first kappa shape index (κ1) is 12.8. The van der Waals surface area contributed by atoms with Gasteiger partial charge in [-0.05, 0) is 43.5 Å². The summed E-state index contributed by atoms with van der Waals surface area (Å²) >= 11 is 0. The number of hydrogen-bond donors (Lipinski definition) is 1. The minimum atomic E-state index is -0.161. The van der Waals surface area contributed by atoms with Gasteiger partial charge in [0.25, 0.3) is 5.91 Å². The molecule has 0 spiro atoms. The van der Waals surface area contributed by atoms with E-state index in [9.17, 15) is 4.79 Å². The number of carbonyl (C=O) groups excluding carboxylic acids is 1. The van der Waals surface area contributed by atoms with Gasteiger partial charge in [-0.2, -0.15) is 5.10 Å². The lowest BCUT2D eigenvalue weighted by atomic mass is 10.1. The van der Waals surface area contributed by atoms with Gasteiger partial charge in [0.05, 0.1) is 11.9 Å². The van der Waals surface area contributed by atoms with Crippen LogP contribution < -0.4 is 5.73 Å². The van der Waals surface area contributed by atoms with Crippen LogP contribution in [0.4, 0.5) is 0 Å². The Hall–Kier alpha value is -2.21. The zero-order valence-electron chi connectivity index (χ0n) is 11.1. The number of likely N-dealkylation sites (tertiary alicyclic amines) is 1. The molecular weight excluding hydrogens is 254 g/mol. The quantitative estimate of drug-likeness (QED) is 0.889. The average molecular weight is 271 g/mol. The summed E-state index contributed by atoms with van der Waals surface area (Å²) in [5, 5.41) is 4.05. The fourth-order valence-corrected chi connectivity index (χ4v) is 2.47. The van der Waals surface area contributed by atoms with Crippen LogP contribution in [0.3, 0.4) is 0 Å². The van der Waals surface area contributed by atoms with Crippen molar-refractivity contribution in [2.75, 3.05) is 6.54 Å². The molecular formula is C14H17N5O. The van der Waals surface area contributed by atoms with E-state index in [1.165, 1.54) is 6.33 Å². The maximum atomic E-state index is 12.4. The van der Waals surface area contributed by atoms with Crippen molar-refractivity contribution in [3.8, 4) is 5.69 Å². The first-order chi connectivity index (χ1) is 9.75.